The number of anilines is 1. The average Bonchev–Trinajstić information content (AvgIpc) is 2.54. The van der Waals surface area contributed by atoms with Gasteiger partial charge in [-0.05, 0) is 58.6 Å². The summed E-state index contributed by atoms with van der Waals surface area (Å²) < 4.78 is 0.737. The maximum Gasteiger partial charge on any atom is 0.283 e. The largest absolute Gasteiger partial charge is 0.321 e. The normalized spacial score (nSPS) is 10.5. The molecule has 0 aliphatic carbocycles. The summed E-state index contributed by atoms with van der Waals surface area (Å²) in [5.41, 5.74) is 1.37. The molecule has 0 unspecified atom stereocenters. The van der Waals surface area contributed by atoms with Crippen molar-refractivity contribution in [3.05, 3.63) is 67.1 Å². The molecule has 0 saturated heterocycles. The Kier molecular flexibility index (Phi) is 6.34. The summed E-state index contributed by atoms with van der Waals surface area (Å²) >= 11 is 9.20. The van der Waals surface area contributed by atoms with Crippen molar-refractivity contribution in [2.45, 2.75) is 26.2 Å². The number of nitro benzene ring substituents is 1. The Labute approximate surface area is 153 Å². The third-order valence-electron chi connectivity index (χ3n) is 3.50. The van der Waals surface area contributed by atoms with E-state index in [0.717, 1.165) is 23.7 Å². The predicted molar refractivity (Wildman–Crippen MR) is 98.8 cm³/mol. The van der Waals surface area contributed by atoms with Crippen LogP contribution in [0.15, 0.2) is 40.9 Å². The highest BCUT2D eigenvalue weighted by atomic mass is 79.9. The van der Waals surface area contributed by atoms with Crippen molar-refractivity contribution in [3.8, 4) is 0 Å². The van der Waals surface area contributed by atoms with E-state index in [1.165, 1.54) is 23.8 Å². The van der Waals surface area contributed by atoms with Crippen LogP contribution in [-0.2, 0) is 6.42 Å². The monoisotopic (exact) mass is 410 g/mol. The lowest BCUT2D eigenvalue weighted by molar-refractivity contribution is -0.385. The number of rotatable bonds is 6. The predicted octanol–water partition coefficient (Wildman–Crippen LogP) is 5.61. The van der Waals surface area contributed by atoms with Gasteiger partial charge in [0.25, 0.3) is 11.6 Å². The Morgan fingerprint density at radius 1 is 1.29 bits per heavy atom. The number of nitrogens with zero attached hydrogens (tertiary/aromatic N) is 1. The van der Waals surface area contributed by atoms with Gasteiger partial charge in [0.2, 0.25) is 0 Å². The highest BCUT2D eigenvalue weighted by Crippen LogP contribution is 2.27. The second-order valence-electron chi connectivity index (χ2n) is 5.29. The van der Waals surface area contributed by atoms with Crippen molar-refractivity contribution < 1.29 is 9.72 Å². The first-order valence-corrected chi connectivity index (χ1v) is 8.63. The molecule has 7 heteroatoms. The molecular formula is C17H16BrClN2O3. The molecule has 1 N–H and O–H groups in total. The van der Waals surface area contributed by atoms with Crippen molar-refractivity contribution >= 4 is 44.8 Å². The highest BCUT2D eigenvalue weighted by molar-refractivity contribution is 9.10. The molecule has 0 spiro atoms. The minimum Gasteiger partial charge on any atom is -0.321 e. The lowest BCUT2D eigenvalue weighted by atomic mass is 10.1. The van der Waals surface area contributed by atoms with Crippen molar-refractivity contribution in [1.82, 2.24) is 0 Å². The number of hydrogen-bond acceptors (Lipinski definition) is 3. The number of unbranched alkanes of at least 4 members (excludes halogenated alkanes) is 1. The molecule has 0 heterocycles. The topological polar surface area (TPSA) is 72.2 Å². The first-order chi connectivity index (χ1) is 11.4. The number of nitrogens with one attached hydrogen (secondary N) is 1. The van der Waals surface area contributed by atoms with Gasteiger partial charge in [0.05, 0.1) is 10.6 Å². The lowest BCUT2D eigenvalue weighted by Gasteiger charge is -2.10. The van der Waals surface area contributed by atoms with Crippen LogP contribution in [0.3, 0.4) is 0 Å². The minimum atomic E-state index is -0.621. The third-order valence-corrected chi connectivity index (χ3v) is 4.39. The van der Waals surface area contributed by atoms with E-state index in [1.54, 1.807) is 6.07 Å². The first kappa shape index (κ1) is 18.4. The zero-order valence-corrected chi connectivity index (χ0v) is 15.4. The Hall–Kier alpha value is -1.92. The number of benzene rings is 2. The molecule has 0 aromatic heterocycles. The summed E-state index contributed by atoms with van der Waals surface area (Å²) in [7, 11) is 0. The number of hydrogen-bond donors (Lipinski definition) is 1. The molecule has 2 rings (SSSR count). The number of halogens is 2. The number of carbonyl (C=O) groups is 1. The molecule has 0 fully saturated rings. The number of aryl methyl sites for hydroxylation is 1. The summed E-state index contributed by atoms with van der Waals surface area (Å²) in [4.78, 5) is 22.9. The summed E-state index contributed by atoms with van der Waals surface area (Å²) in [6, 6.07) is 9.63. The molecule has 0 radical (unpaired) electrons. The van der Waals surface area contributed by atoms with Gasteiger partial charge in [-0.2, -0.15) is 0 Å². The van der Waals surface area contributed by atoms with Crippen LogP contribution < -0.4 is 5.32 Å². The van der Waals surface area contributed by atoms with Crippen LogP contribution in [0.4, 0.5) is 11.4 Å². The molecule has 2 aromatic carbocycles. The van der Waals surface area contributed by atoms with Gasteiger partial charge in [-0.3, -0.25) is 14.9 Å². The Bertz CT molecular complexity index is 780. The number of amides is 1. The zero-order chi connectivity index (χ0) is 17.7. The molecule has 2 aromatic rings. The van der Waals surface area contributed by atoms with Gasteiger partial charge in [0, 0.05) is 15.6 Å². The van der Waals surface area contributed by atoms with Crippen LogP contribution in [-0.4, -0.2) is 10.8 Å². The van der Waals surface area contributed by atoms with Gasteiger partial charge in [0.15, 0.2) is 0 Å². The van der Waals surface area contributed by atoms with Crippen LogP contribution in [0, 0.1) is 10.1 Å². The molecule has 126 valence electrons. The Balaban J connectivity index is 2.23. The minimum absolute atomic E-state index is 0.0358. The fraction of sp³-hybridized carbons (Fsp3) is 0.235. The van der Waals surface area contributed by atoms with Crippen molar-refractivity contribution in [3.63, 3.8) is 0 Å². The molecule has 1 amide bonds. The van der Waals surface area contributed by atoms with E-state index in [-0.39, 0.29) is 16.3 Å². The Morgan fingerprint density at radius 2 is 2.04 bits per heavy atom. The number of nitro groups is 1. The molecule has 24 heavy (non-hydrogen) atoms. The van der Waals surface area contributed by atoms with E-state index in [0.29, 0.717) is 5.69 Å². The third kappa shape index (κ3) is 4.55. The average molecular weight is 412 g/mol. The van der Waals surface area contributed by atoms with E-state index in [2.05, 4.69) is 28.2 Å². The van der Waals surface area contributed by atoms with Crippen LogP contribution in [0.25, 0.3) is 0 Å². The second kappa shape index (κ2) is 8.26. The zero-order valence-electron chi connectivity index (χ0n) is 13.0. The summed E-state index contributed by atoms with van der Waals surface area (Å²) in [5, 5.41) is 14.0. The maximum atomic E-state index is 12.4. The fourth-order valence-corrected chi connectivity index (χ4v) is 2.93. The van der Waals surface area contributed by atoms with Crippen molar-refractivity contribution in [1.29, 1.82) is 0 Å². The van der Waals surface area contributed by atoms with Crippen LogP contribution in [0.2, 0.25) is 5.02 Å². The van der Waals surface area contributed by atoms with E-state index < -0.39 is 10.8 Å². The molecule has 0 atom stereocenters. The highest BCUT2D eigenvalue weighted by Gasteiger charge is 2.21. The second-order valence-corrected chi connectivity index (χ2v) is 6.58. The van der Waals surface area contributed by atoms with Gasteiger partial charge in [-0.25, -0.2) is 0 Å². The van der Waals surface area contributed by atoms with E-state index >= 15 is 0 Å². The smallest absolute Gasteiger partial charge is 0.283 e. The first-order valence-electron chi connectivity index (χ1n) is 7.46. The van der Waals surface area contributed by atoms with Gasteiger partial charge in [-0.1, -0.05) is 31.0 Å². The fourth-order valence-electron chi connectivity index (χ4n) is 2.23. The lowest BCUT2D eigenvalue weighted by Crippen LogP contribution is -2.14. The molecule has 0 bridgehead atoms. The molecule has 0 saturated carbocycles. The van der Waals surface area contributed by atoms with E-state index in [9.17, 15) is 14.9 Å². The Morgan fingerprint density at radius 3 is 2.67 bits per heavy atom. The SMILES string of the molecule is CCCCc1ccc(NC(=O)c2ccc(Cl)cc2[N+](=O)[O-])c(Br)c1. The standard InChI is InChI=1S/C17H16BrClN2O3/c1-2-3-4-11-5-8-15(14(18)9-11)20-17(22)13-7-6-12(19)10-16(13)21(23)24/h5-10H,2-4H2,1H3,(H,20,22). The van der Waals surface area contributed by atoms with Crippen LogP contribution in [0.1, 0.15) is 35.7 Å². The van der Waals surface area contributed by atoms with Crippen molar-refractivity contribution in [2.24, 2.45) is 0 Å². The van der Waals surface area contributed by atoms with Crippen LogP contribution in [0.5, 0.6) is 0 Å². The van der Waals surface area contributed by atoms with E-state index in [1.807, 2.05) is 12.1 Å². The van der Waals surface area contributed by atoms with Gasteiger partial charge >= 0.3 is 0 Å². The summed E-state index contributed by atoms with van der Waals surface area (Å²) in [6.45, 7) is 2.13. The molecule has 0 aliphatic heterocycles. The summed E-state index contributed by atoms with van der Waals surface area (Å²) in [5.74, 6) is -0.555. The number of carbonyl (C=O) groups excluding carboxylic acids is 1. The molecule has 0 aliphatic rings. The summed E-state index contributed by atoms with van der Waals surface area (Å²) in [6.07, 6.45) is 3.16. The molecule has 5 nitrogen and oxygen atoms in total. The van der Waals surface area contributed by atoms with E-state index in [4.69, 9.17) is 11.6 Å². The van der Waals surface area contributed by atoms with Gasteiger partial charge in [-0.15, -0.1) is 0 Å². The maximum absolute atomic E-state index is 12.4. The molecular weight excluding hydrogens is 396 g/mol. The van der Waals surface area contributed by atoms with Crippen LogP contribution >= 0.6 is 27.5 Å². The quantitative estimate of drug-likeness (QED) is 0.496. The van der Waals surface area contributed by atoms with Crippen molar-refractivity contribution in [2.75, 3.05) is 5.32 Å². The van der Waals surface area contributed by atoms with Gasteiger partial charge < -0.3 is 5.32 Å². The van der Waals surface area contributed by atoms with Gasteiger partial charge in [0.1, 0.15) is 5.56 Å².